The highest BCUT2D eigenvalue weighted by Gasteiger charge is 2.16. The number of aliphatic imine (C=N–C) groups is 1. The highest BCUT2D eigenvalue weighted by Crippen LogP contribution is 2.31. The van der Waals surface area contributed by atoms with Crippen LogP contribution in [0.2, 0.25) is 5.02 Å². The summed E-state index contributed by atoms with van der Waals surface area (Å²) < 4.78 is 24.8. The Labute approximate surface area is 200 Å². The lowest BCUT2D eigenvalue weighted by Gasteiger charge is -2.12. The SMILES string of the molecule is CC1CN=C(Cc2ccc3ncnc(Nc4ccc(OCc5cncc(F)c5)c(Cl)c4)c3c2)O1. The topological polar surface area (TPSA) is 81.5 Å². The van der Waals surface area contributed by atoms with Gasteiger partial charge in [-0.15, -0.1) is 0 Å². The Kier molecular flexibility index (Phi) is 6.22. The summed E-state index contributed by atoms with van der Waals surface area (Å²) in [5.41, 5.74) is 3.24. The molecule has 0 saturated heterocycles. The minimum absolute atomic E-state index is 0.123. The molecule has 5 rings (SSSR count). The van der Waals surface area contributed by atoms with Gasteiger partial charge in [-0.2, -0.15) is 0 Å². The average Bonchev–Trinajstić information content (AvgIpc) is 3.23. The zero-order chi connectivity index (χ0) is 23.5. The molecule has 2 aromatic carbocycles. The van der Waals surface area contributed by atoms with Crippen LogP contribution in [0.15, 0.2) is 66.2 Å². The number of pyridine rings is 1. The van der Waals surface area contributed by atoms with E-state index in [1.165, 1.54) is 12.4 Å². The van der Waals surface area contributed by atoms with Gasteiger partial charge < -0.3 is 14.8 Å². The highest BCUT2D eigenvalue weighted by molar-refractivity contribution is 6.32. The molecular weight excluding hydrogens is 457 g/mol. The van der Waals surface area contributed by atoms with Crippen LogP contribution in [0.5, 0.6) is 5.75 Å². The first-order valence-corrected chi connectivity index (χ1v) is 11.1. The second-order valence-electron chi connectivity index (χ2n) is 7.98. The van der Waals surface area contributed by atoms with E-state index in [1.807, 2.05) is 31.2 Å². The van der Waals surface area contributed by atoms with Gasteiger partial charge in [0.15, 0.2) is 5.90 Å². The van der Waals surface area contributed by atoms with Crippen LogP contribution in [-0.4, -0.2) is 33.5 Å². The monoisotopic (exact) mass is 477 g/mol. The minimum atomic E-state index is -0.412. The molecule has 4 aromatic rings. The van der Waals surface area contributed by atoms with Gasteiger partial charge in [0.05, 0.1) is 23.3 Å². The summed E-state index contributed by atoms with van der Waals surface area (Å²) in [5, 5.41) is 4.60. The molecule has 0 amide bonds. The number of nitrogens with one attached hydrogen (secondary N) is 1. The quantitative estimate of drug-likeness (QED) is 0.378. The summed E-state index contributed by atoms with van der Waals surface area (Å²) in [5.74, 6) is 1.47. The number of anilines is 2. The molecule has 1 atom stereocenters. The van der Waals surface area contributed by atoms with Crippen LogP contribution >= 0.6 is 11.6 Å². The third kappa shape index (κ3) is 5.07. The Morgan fingerprint density at radius 3 is 2.82 bits per heavy atom. The predicted molar refractivity (Wildman–Crippen MR) is 129 cm³/mol. The molecule has 1 aliphatic rings. The fourth-order valence-electron chi connectivity index (χ4n) is 3.65. The maximum atomic E-state index is 13.3. The van der Waals surface area contributed by atoms with E-state index in [9.17, 15) is 4.39 Å². The van der Waals surface area contributed by atoms with Crippen molar-refractivity contribution in [1.29, 1.82) is 0 Å². The van der Waals surface area contributed by atoms with Gasteiger partial charge in [0.25, 0.3) is 0 Å². The molecule has 1 N–H and O–H groups in total. The van der Waals surface area contributed by atoms with E-state index in [4.69, 9.17) is 21.1 Å². The Bertz CT molecular complexity index is 1380. The Hall–Kier alpha value is -3.78. The lowest BCUT2D eigenvalue weighted by Crippen LogP contribution is -2.09. The van der Waals surface area contributed by atoms with Crippen LogP contribution in [0.25, 0.3) is 10.9 Å². The fourth-order valence-corrected chi connectivity index (χ4v) is 3.89. The number of aromatic nitrogens is 3. The third-order valence-electron chi connectivity index (χ3n) is 5.27. The van der Waals surface area contributed by atoms with Gasteiger partial charge >= 0.3 is 0 Å². The van der Waals surface area contributed by atoms with Crippen molar-refractivity contribution in [2.45, 2.75) is 26.1 Å². The largest absolute Gasteiger partial charge is 0.487 e. The number of hydrogen-bond acceptors (Lipinski definition) is 7. The fraction of sp³-hybridized carbons (Fsp3) is 0.200. The Balaban J connectivity index is 1.33. The number of rotatable bonds is 7. The molecule has 34 heavy (non-hydrogen) atoms. The Morgan fingerprint density at radius 2 is 2.03 bits per heavy atom. The number of halogens is 2. The van der Waals surface area contributed by atoms with Crippen LogP contribution in [0.1, 0.15) is 18.1 Å². The maximum Gasteiger partial charge on any atom is 0.188 e. The lowest BCUT2D eigenvalue weighted by atomic mass is 10.1. The number of ether oxygens (including phenoxy) is 2. The molecule has 0 bridgehead atoms. The van der Waals surface area contributed by atoms with E-state index < -0.39 is 5.82 Å². The van der Waals surface area contributed by atoms with Crippen molar-refractivity contribution < 1.29 is 13.9 Å². The van der Waals surface area contributed by atoms with Gasteiger partial charge in [0.2, 0.25) is 0 Å². The minimum Gasteiger partial charge on any atom is -0.487 e. The molecule has 9 heteroatoms. The number of fused-ring (bicyclic) bond motifs is 1. The van der Waals surface area contributed by atoms with Crippen LogP contribution in [-0.2, 0) is 17.8 Å². The molecule has 172 valence electrons. The van der Waals surface area contributed by atoms with Gasteiger partial charge in [0.1, 0.15) is 36.4 Å². The van der Waals surface area contributed by atoms with Gasteiger partial charge in [-0.25, -0.2) is 14.4 Å². The molecule has 2 aromatic heterocycles. The van der Waals surface area contributed by atoms with Crippen LogP contribution in [0, 0.1) is 5.82 Å². The molecule has 0 saturated carbocycles. The zero-order valence-corrected chi connectivity index (χ0v) is 19.1. The van der Waals surface area contributed by atoms with Gasteiger partial charge in [-0.3, -0.25) is 9.98 Å². The van der Waals surface area contributed by atoms with E-state index >= 15 is 0 Å². The average molecular weight is 478 g/mol. The lowest BCUT2D eigenvalue weighted by molar-refractivity contribution is 0.241. The predicted octanol–water partition coefficient (Wildman–Crippen LogP) is 5.50. The molecular formula is C25H21ClFN5O2. The first-order valence-electron chi connectivity index (χ1n) is 10.8. The van der Waals surface area contributed by atoms with E-state index in [2.05, 4.69) is 25.3 Å². The van der Waals surface area contributed by atoms with Crippen molar-refractivity contribution >= 4 is 39.9 Å². The van der Waals surface area contributed by atoms with Crippen LogP contribution in [0.3, 0.4) is 0 Å². The zero-order valence-electron chi connectivity index (χ0n) is 18.3. The molecule has 3 heterocycles. The van der Waals surface area contributed by atoms with Crippen molar-refractivity contribution in [1.82, 2.24) is 15.0 Å². The summed E-state index contributed by atoms with van der Waals surface area (Å²) in [6, 6.07) is 12.7. The van der Waals surface area contributed by atoms with Crippen molar-refractivity contribution in [3.8, 4) is 5.75 Å². The van der Waals surface area contributed by atoms with Crippen molar-refractivity contribution in [2.24, 2.45) is 4.99 Å². The van der Waals surface area contributed by atoms with E-state index in [1.54, 1.807) is 18.3 Å². The van der Waals surface area contributed by atoms with Crippen LogP contribution < -0.4 is 10.1 Å². The number of nitrogens with zero attached hydrogens (tertiary/aromatic N) is 4. The van der Waals surface area contributed by atoms with Gasteiger partial charge in [-0.05, 0) is 48.9 Å². The Morgan fingerprint density at radius 1 is 1.12 bits per heavy atom. The van der Waals surface area contributed by atoms with E-state index in [0.717, 1.165) is 34.2 Å². The van der Waals surface area contributed by atoms with Crippen molar-refractivity contribution in [3.63, 3.8) is 0 Å². The van der Waals surface area contributed by atoms with Crippen LogP contribution in [0.4, 0.5) is 15.9 Å². The van der Waals surface area contributed by atoms with Crippen molar-refractivity contribution in [2.75, 3.05) is 11.9 Å². The number of hydrogen-bond donors (Lipinski definition) is 1. The van der Waals surface area contributed by atoms with Gasteiger partial charge in [-0.1, -0.05) is 17.7 Å². The standard InChI is InChI=1S/C25H21ClFN5O2/c1-15-10-29-24(34-15)8-16-2-4-22-20(7-16)25(31-14-30-22)32-19-3-5-23(21(26)9-19)33-13-17-6-18(27)12-28-11-17/h2-7,9,11-12,14-15H,8,10,13H2,1H3,(H,30,31,32). The highest BCUT2D eigenvalue weighted by atomic mass is 35.5. The smallest absolute Gasteiger partial charge is 0.188 e. The molecule has 7 nitrogen and oxygen atoms in total. The molecule has 0 aliphatic carbocycles. The second-order valence-corrected chi connectivity index (χ2v) is 8.39. The summed E-state index contributed by atoms with van der Waals surface area (Å²) in [6.07, 6.45) is 4.95. The molecule has 0 spiro atoms. The number of benzene rings is 2. The third-order valence-corrected chi connectivity index (χ3v) is 5.56. The van der Waals surface area contributed by atoms with E-state index in [0.29, 0.717) is 35.1 Å². The second kappa shape index (κ2) is 9.61. The normalized spacial score (nSPS) is 15.1. The van der Waals surface area contributed by atoms with Crippen molar-refractivity contribution in [3.05, 3.63) is 83.2 Å². The first-order chi connectivity index (χ1) is 16.5. The molecule has 0 fully saturated rings. The first kappa shape index (κ1) is 22.0. The molecule has 0 radical (unpaired) electrons. The summed E-state index contributed by atoms with van der Waals surface area (Å²) in [4.78, 5) is 17.0. The summed E-state index contributed by atoms with van der Waals surface area (Å²) >= 11 is 6.43. The molecule has 1 aliphatic heterocycles. The summed E-state index contributed by atoms with van der Waals surface area (Å²) in [6.45, 7) is 2.86. The molecule has 1 unspecified atom stereocenters. The van der Waals surface area contributed by atoms with E-state index in [-0.39, 0.29) is 12.7 Å². The van der Waals surface area contributed by atoms with Gasteiger partial charge in [0, 0.05) is 29.3 Å². The maximum absolute atomic E-state index is 13.3. The summed E-state index contributed by atoms with van der Waals surface area (Å²) in [7, 11) is 0.